The quantitative estimate of drug-likeness (QED) is 0.848. The minimum atomic E-state index is -0.262. The highest BCUT2D eigenvalue weighted by Gasteiger charge is 2.40. The first-order valence-electron chi connectivity index (χ1n) is 8.58. The molecule has 1 amide bonds. The smallest absolute Gasteiger partial charge is 0.254 e. The van der Waals surface area contributed by atoms with Crippen LogP contribution in [0.3, 0.4) is 0 Å². The van der Waals surface area contributed by atoms with E-state index in [1.165, 1.54) is 6.07 Å². The number of phenolic OH excluding ortho intramolecular Hbond substituents is 1. The lowest BCUT2D eigenvalue weighted by molar-refractivity contribution is -0.0866. The largest absolute Gasteiger partial charge is 0.508 e. The highest BCUT2D eigenvalue weighted by molar-refractivity contribution is 5.95. The second-order valence-corrected chi connectivity index (χ2v) is 7.11. The van der Waals surface area contributed by atoms with Gasteiger partial charge >= 0.3 is 0 Å². The summed E-state index contributed by atoms with van der Waals surface area (Å²) < 4.78 is 11.6. The molecular formula is C18H27ClN2O4. The van der Waals surface area contributed by atoms with Crippen LogP contribution in [0.1, 0.15) is 30.6 Å². The van der Waals surface area contributed by atoms with Crippen LogP contribution in [0.5, 0.6) is 11.5 Å². The van der Waals surface area contributed by atoms with Gasteiger partial charge in [0.1, 0.15) is 11.5 Å². The fourth-order valence-corrected chi connectivity index (χ4v) is 3.23. The van der Waals surface area contributed by atoms with Gasteiger partial charge in [0, 0.05) is 24.7 Å². The van der Waals surface area contributed by atoms with Crippen molar-refractivity contribution >= 4 is 18.3 Å². The average molecular weight is 371 g/mol. The Balaban J connectivity index is 0.00000225. The number of carbonyl (C=O) groups excluding carboxylic acids is 1. The topological polar surface area (TPSA) is 71.0 Å². The molecule has 6 nitrogen and oxygen atoms in total. The van der Waals surface area contributed by atoms with E-state index in [4.69, 9.17) is 9.47 Å². The van der Waals surface area contributed by atoms with Crippen LogP contribution in [0.2, 0.25) is 0 Å². The maximum absolute atomic E-state index is 12.9. The Labute approximate surface area is 154 Å². The molecule has 2 aliphatic rings. The molecule has 1 unspecified atom stereocenters. The van der Waals surface area contributed by atoms with E-state index in [0.717, 1.165) is 19.5 Å². The summed E-state index contributed by atoms with van der Waals surface area (Å²) in [5.41, 5.74) is 0.193. The van der Waals surface area contributed by atoms with E-state index < -0.39 is 0 Å². The lowest BCUT2D eigenvalue weighted by atomic mass is 10.00. The molecule has 1 aromatic rings. The van der Waals surface area contributed by atoms with E-state index in [-0.39, 0.29) is 29.7 Å². The van der Waals surface area contributed by atoms with Gasteiger partial charge in [-0.15, -0.1) is 12.4 Å². The molecule has 0 bridgehead atoms. The number of phenols is 1. The number of halogens is 1. The van der Waals surface area contributed by atoms with Crippen molar-refractivity contribution in [3.63, 3.8) is 0 Å². The van der Waals surface area contributed by atoms with Crippen molar-refractivity contribution < 1.29 is 19.4 Å². The van der Waals surface area contributed by atoms with Crippen LogP contribution in [0.15, 0.2) is 18.2 Å². The molecule has 0 radical (unpaired) electrons. The van der Waals surface area contributed by atoms with Gasteiger partial charge < -0.3 is 24.8 Å². The zero-order valence-electron chi connectivity index (χ0n) is 14.8. The third-order valence-electron chi connectivity index (χ3n) is 4.46. The van der Waals surface area contributed by atoms with Crippen LogP contribution in [-0.2, 0) is 4.74 Å². The van der Waals surface area contributed by atoms with E-state index in [0.29, 0.717) is 43.5 Å². The number of benzene rings is 1. The Morgan fingerprint density at radius 3 is 2.92 bits per heavy atom. The molecule has 2 N–H and O–H groups in total. The predicted molar refractivity (Wildman–Crippen MR) is 97.8 cm³/mol. The number of aromatic hydroxyl groups is 1. The highest BCUT2D eigenvalue weighted by atomic mass is 35.5. The van der Waals surface area contributed by atoms with E-state index in [1.807, 2.05) is 4.90 Å². The molecule has 7 heteroatoms. The van der Waals surface area contributed by atoms with E-state index in [9.17, 15) is 9.90 Å². The first-order chi connectivity index (χ1) is 11.5. The van der Waals surface area contributed by atoms with Crippen molar-refractivity contribution in [3.05, 3.63) is 23.8 Å². The van der Waals surface area contributed by atoms with Crippen LogP contribution < -0.4 is 10.1 Å². The zero-order valence-corrected chi connectivity index (χ0v) is 15.6. The number of amides is 1. The zero-order chi connectivity index (χ0) is 17.2. The molecule has 1 aromatic carbocycles. The van der Waals surface area contributed by atoms with Crippen LogP contribution in [0.25, 0.3) is 0 Å². The van der Waals surface area contributed by atoms with E-state index in [1.54, 1.807) is 12.1 Å². The van der Waals surface area contributed by atoms with E-state index in [2.05, 4.69) is 19.2 Å². The Morgan fingerprint density at radius 1 is 1.44 bits per heavy atom. The fraction of sp³-hybridized carbons (Fsp3) is 0.611. The molecule has 140 valence electrons. The standard InChI is InChI=1S/C18H26N2O4.ClH/c1-13(2)10-23-16-8-14(7-15(21)9-16)17(22)20-5-6-24-18(12-20)3-4-19-11-18;/h7-9,13,19,21H,3-6,10-12H2,1-2H3;1H. The first kappa shape index (κ1) is 19.8. The Bertz CT molecular complexity index is 603. The number of rotatable bonds is 4. The second-order valence-electron chi connectivity index (χ2n) is 7.11. The number of hydrogen-bond acceptors (Lipinski definition) is 5. The monoisotopic (exact) mass is 370 g/mol. The first-order valence-corrected chi connectivity index (χ1v) is 8.58. The molecule has 0 saturated carbocycles. The van der Waals surface area contributed by atoms with Gasteiger partial charge in [-0.3, -0.25) is 4.79 Å². The molecule has 2 fully saturated rings. The molecule has 0 aliphatic carbocycles. The molecule has 1 spiro atoms. The van der Waals surface area contributed by atoms with Crippen molar-refractivity contribution in [3.8, 4) is 11.5 Å². The van der Waals surface area contributed by atoms with Gasteiger partial charge in [-0.25, -0.2) is 0 Å². The SMILES string of the molecule is CC(C)COc1cc(O)cc(C(=O)N2CCOC3(CCNC3)C2)c1.Cl. The fourth-order valence-electron chi connectivity index (χ4n) is 3.23. The second kappa shape index (κ2) is 8.25. The molecule has 0 aromatic heterocycles. The normalized spacial score (nSPS) is 22.9. The van der Waals surface area contributed by atoms with Gasteiger partial charge in [0.15, 0.2) is 0 Å². The van der Waals surface area contributed by atoms with E-state index >= 15 is 0 Å². The average Bonchev–Trinajstić information content (AvgIpc) is 2.99. The maximum Gasteiger partial charge on any atom is 0.254 e. The van der Waals surface area contributed by atoms with Gasteiger partial charge in [-0.1, -0.05) is 13.8 Å². The van der Waals surface area contributed by atoms with Gasteiger partial charge in [-0.2, -0.15) is 0 Å². The lowest BCUT2D eigenvalue weighted by Crippen LogP contribution is -2.54. The third kappa shape index (κ3) is 4.77. The third-order valence-corrected chi connectivity index (χ3v) is 4.46. The molecular weight excluding hydrogens is 344 g/mol. The Hall–Kier alpha value is -1.50. The number of ether oxygens (including phenoxy) is 2. The Kier molecular flexibility index (Phi) is 6.54. The molecule has 2 heterocycles. The van der Waals surface area contributed by atoms with Crippen LogP contribution in [0.4, 0.5) is 0 Å². The van der Waals surface area contributed by atoms with Crippen molar-refractivity contribution in [1.29, 1.82) is 0 Å². The summed E-state index contributed by atoms with van der Waals surface area (Å²) in [5, 5.41) is 13.2. The number of carbonyl (C=O) groups is 1. The number of hydrogen-bond donors (Lipinski definition) is 2. The minimum absolute atomic E-state index is 0. The molecule has 2 aliphatic heterocycles. The summed E-state index contributed by atoms with van der Waals surface area (Å²) in [4.78, 5) is 14.7. The summed E-state index contributed by atoms with van der Waals surface area (Å²) in [6.45, 7) is 8.04. The molecule has 3 rings (SSSR count). The van der Waals surface area contributed by atoms with Crippen molar-refractivity contribution in [2.75, 3.05) is 39.4 Å². The van der Waals surface area contributed by atoms with Gasteiger partial charge in [0.25, 0.3) is 5.91 Å². The Morgan fingerprint density at radius 2 is 2.24 bits per heavy atom. The minimum Gasteiger partial charge on any atom is -0.508 e. The van der Waals surface area contributed by atoms with Crippen molar-refractivity contribution in [2.24, 2.45) is 5.92 Å². The lowest BCUT2D eigenvalue weighted by Gasteiger charge is -2.40. The predicted octanol–water partition coefficient (Wildman–Crippen LogP) is 2.05. The molecule has 25 heavy (non-hydrogen) atoms. The molecule has 1 atom stereocenters. The number of morpholine rings is 1. The van der Waals surface area contributed by atoms with Gasteiger partial charge in [0.2, 0.25) is 0 Å². The van der Waals surface area contributed by atoms with Crippen molar-refractivity contribution in [1.82, 2.24) is 10.2 Å². The van der Waals surface area contributed by atoms with Crippen LogP contribution in [0, 0.1) is 5.92 Å². The molecule has 2 saturated heterocycles. The number of nitrogens with zero attached hydrogens (tertiary/aromatic N) is 1. The van der Waals surface area contributed by atoms with Crippen LogP contribution in [-0.4, -0.2) is 60.9 Å². The maximum atomic E-state index is 12.9. The van der Waals surface area contributed by atoms with Gasteiger partial charge in [0.05, 0.1) is 25.4 Å². The highest BCUT2D eigenvalue weighted by Crippen LogP contribution is 2.28. The summed E-state index contributed by atoms with van der Waals surface area (Å²) >= 11 is 0. The summed E-state index contributed by atoms with van der Waals surface area (Å²) in [7, 11) is 0. The number of nitrogens with one attached hydrogen (secondary N) is 1. The summed E-state index contributed by atoms with van der Waals surface area (Å²) in [6, 6.07) is 4.75. The summed E-state index contributed by atoms with van der Waals surface area (Å²) in [5.74, 6) is 0.859. The summed E-state index contributed by atoms with van der Waals surface area (Å²) in [6.07, 6.45) is 0.916. The van der Waals surface area contributed by atoms with Crippen molar-refractivity contribution in [2.45, 2.75) is 25.9 Å². The van der Waals surface area contributed by atoms with Gasteiger partial charge in [-0.05, 0) is 31.0 Å². The van der Waals surface area contributed by atoms with Crippen LogP contribution >= 0.6 is 12.4 Å².